The Bertz CT molecular complexity index is 418. The Hall–Kier alpha value is -1.34. The predicted octanol–water partition coefficient (Wildman–Crippen LogP) is 5.85. The summed E-state index contributed by atoms with van der Waals surface area (Å²) in [5, 5.41) is 0.541. The van der Waals surface area contributed by atoms with E-state index in [1.54, 1.807) is 6.08 Å². The molecule has 1 atom stereocenters. The molecule has 0 radical (unpaired) electrons. The maximum absolute atomic E-state index is 5.70. The van der Waals surface area contributed by atoms with Crippen molar-refractivity contribution in [1.82, 2.24) is 4.98 Å². The topological polar surface area (TPSA) is 12.9 Å². The van der Waals surface area contributed by atoms with E-state index in [4.69, 9.17) is 11.6 Å². The van der Waals surface area contributed by atoms with Crippen molar-refractivity contribution in [2.75, 3.05) is 0 Å². The van der Waals surface area contributed by atoms with Crippen LogP contribution in [-0.4, -0.2) is 4.98 Å². The molecule has 1 rings (SSSR count). The Morgan fingerprint density at radius 3 is 2.42 bits per heavy atom. The van der Waals surface area contributed by atoms with Gasteiger partial charge < -0.3 is 0 Å². The first-order valence-electron chi connectivity index (χ1n) is 6.78. The zero-order valence-electron chi connectivity index (χ0n) is 12.4. The van der Waals surface area contributed by atoms with Gasteiger partial charge in [-0.15, -0.1) is 0 Å². The van der Waals surface area contributed by atoms with E-state index in [-0.39, 0.29) is 0 Å². The summed E-state index contributed by atoms with van der Waals surface area (Å²) in [7, 11) is 0. The van der Waals surface area contributed by atoms with E-state index in [1.165, 1.54) is 11.1 Å². The lowest BCUT2D eigenvalue weighted by Crippen LogP contribution is -1.97. The summed E-state index contributed by atoms with van der Waals surface area (Å²) in [4.78, 5) is 4.04. The molecule has 1 unspecified atom stereocenters. The van der Waals surface area contributed by atoms with Gasteiger partial charge in [-0.05, 0) is 41.7 Å². The smallest absolute Gasteiger partial charge is 0.0334 e. The van der Waals surface area contributed by atoms with Crippen LogP contribution in [0.1, 0.15) is 39.7 Å². The summed E-state index contributed by atoms with van der Waals surface area (Å²) in [5.41, 5.74) is 2.50. The van der Waals surface area contributed by atoms with Crippen molar-refractivity contribution < 1.29 is 0 Å². The zero-order chi connectivity index (χ0) is 14.7. The minimum Gasteiger partial charge on any atom is -0.265 e. The Labute approximate surface area is 122 Å². The van der Waals surface area contributed by atoms with Gasteiger partial charge in [-0.3, -0.25) is 4.98 Å². The van der Waals surface area contributed by atoms with Crippen LogP contribution in [0.25, 0.3) is 5.57 Å². The maximum Gasteiger partial charge on any atom is 0.0334 e. The summed E-state index contributed by atoms with van der Waals surface area (Å²) in [6, 6.07) is 4.06. The van der Waals surface area contributed by atoms with Crippen LogP contribution in [-0.2, 0) is 0 Å². The van der Waals surface area contributed by atoms with Crippen LogP contribution in [0.3, 0.4) is 0 Å². The van der Waals surface area contributed by atoms with Gasteiger partial charge in [0.15, 0.2) is 0 Å². The lowest BCUT2D eigenvalue weighted by molar-refractivity contribution is 0.717. The molecule has 1 aromatic heterocycles. The van der Waals surface area contributed by atoms with Gasteiger partial charge in [0, 0.05) is 17.4 Å². The molecule has 19 heavy (non-hydrogen) atoms. The molecule has 0 N–H and O–H groups in total. The summed E-state index contributed by atoms with van der Waals surface area (Å²) in [6.07, 6.45) is 10.6. The van der Waals surface area contributed by atoms with E-state index in [0.29, 0.717) is 11.0 Å². The molecule has 0 saturated carbocycles. The summed E-state index contributed by atoms with van der Waals surface area (Å²) in [6.45, 7) is 12.0. The largest absolute Gasteiger partial charge is 0.265 e. The normalized spacial score (nSPS) is 12.8. The number of nitrogens with zero attached hydrogens (tertiary/aromatic N) is 1. The molecular weight excluding hydrogens is 254 g/mol. The number of hydrogen-bond donors (Lipinski definition) is 0. The van der Waals surface area contributed by atoms with Crippen LogP contribution < -0.4 is 0 Å². The molecule has 0 fully saturated rings. The number of allylic oxidation sites excluding steroid dienone is 5. The van der Waals surface area contributed by atoms with Gasteiger partial charge in [0.2, 0.25) is 0 Å². The average Bonchev–Trinajstić information content (AvgIpc) is 2.45. The molecule has 0 aliphatic rings. The van der Waals surface area contributed by atoms with Crippen molar-refractivity contribution in [2.24, 2.45) is 5.92 Å². The van der Waals surface area contributed by atoms with Gasteiger partial charge in [0.25, 0.3) is 0 Å². The number of hydrogen-bond acceptors (Lipinski definition) is 1. The Morgan fingerprint density at radius 1 is 1.37 bits per heavy atom. The van der Waals surface area contributed by atoms with E-state index < -0.39 is 0 Å². The van der Waals surface area contributed by atoms with Crippen LogP contribution in [0, 0.1) is 5.92 Å². The monoisotopic (exact) mass is 277 g/mol. The highest BCUT2D eigenvalue weighted by Crippen LogP contribution is 2.25. The van der Waals surface area contributed by atoms with Crippen molar-refractivity contribution in [3.8, 4) is 0 Å². The molecule has 0 bridgehead atoms. The first-order chi connectivity index (χ1) is 9.15. The van der Waals surface area contributed by atoms with E-state index >= 15 is 0 Å². The highest BCUT2D eigenvalue weighted by molar-refractivity contribution is 6.30. The molecule has 0 aliphatic heterocycles. The molecule has 0 spiro atoms. The number of aromatic nitrogens is 1. The SMILES string of the molecule is C=C(Cl)/C=C\C=C(\c1ccncc1)C(C)CC.CC. The van der Waals surface area contributed by atoms with E-state index in [2.05, 4.69) is 31.5 Å². The van der Waals surface area contributed by atoms with Crippen LogP contribution >= 0.6 is 11.6 Å². The second-order valence-electron chi connectivity index (χ2n) is 3.97. The van der Waals surface area contributed by atoms with E-state index in [0.717, 1.165) is 6.42 Å². The first kappa shape index (κ1) is 17.7. The molecule has 1 aromatic rings. The van der Waals surface area contributed by atoms with Crippen LogP contribution in [0.4, 0.5) is 0 Å². The van der Waals surface area contributed by atoms with Gasteiger partial charge >= 0.3 is 0 Å². The molecule has 0 aromatic carbocycles. The second-order valence-corrected chi connectivity index (χ2v) is 4.46. The molecule has 1 heterocycles. The van der Waals surface area contributed by atoms with Gasteiger partial charge in [0.1, 0.15) is 0 Å². The fraction of sp³-hybridized carbons (Fsp3) is 0.353. The third-order valence-corrected chi connectivity index (χ3v) is 2.84. The fourth-order valence-corrected chi connectivity index (χ4v) is 1.64. The average molecular weight is 278 g/mol. The summed E-state index contributed by atoms with van der Waals surface area (Å²) in [5.74, 6) is 0.505. The van der Waals surface area contributed by atoms with Crippen LogP contribution in [0.5, 0.6) is 0 Å². The molecule has 2 heteroatoms. The maximum atomic E-state index is 5.70. The summed E-state index contributed by atoms with van der Waals surface area (Å²) < 4.78 is 0. The fourth-order valence-electron chi connectivity index (χ4n) is 1.57. The Kier molecular flexibility index (Phi) is 9.82. The van der Waals surface area contributed by atoms with E-state index in [1.807, 2.05) is 44.4 Å². The van der Waals surface area contributed by atoms with Crippen molar-refractivity contribution >= 4 is 17.2 Å². The first-order valence-corrected chi connectivity index (χ1v) is 7.16. The Morgan fingerprint density at radius 2 is 1.95 bits per heavy atom. The Balaban J connectivity index is 0.00000154. The minimum absolute atomic E-state index is 0.505. The van der Waals surface area contributed by atoms with Gasteiger partial charge in [-0.25, -0.2) is 0 Å². The van der Waals surface area contributed by atoms with Crippen LogP contribution in [0.2, 0.25) is 0 Å². The number of halogens is 1. The highest BCUT2D eigenvalue weighted by Gasteiger charge is 2.07. The highest BCUT2D eigenvalue weighted by atomic mass is 35.5. The lowest BCUT2D eigenvalue weighted by atomic mass is 9.92. The van der Waals surface area contributed by atoms with Crippen molar-refractivity contribution in [2.45, 2.75) is 34.1 Å². The summed E-state index contributed by atoms with van der Waals surface area (Å²) >= 11 is 5.70. The predicted molar refractivity (Wildman–Crippen MR) is 87.2 cm³/mol. The third kappa shape index (κ3) is 6.97. The van der Waals surface area contributed by atoms with Gasteiger partial charge in [0.05, 0.1) is 0 Å². The number of rotatable bonds is 5. The standard InChI is InChI=1S/C15H18ClN.C2H6/c1-4-12(2)15(7-5-6-13(3)16)14-8-10-17-11-9-14;1-2/h5-12H,3-4H2,1-2H3;1-2H3/b6-5-,15-7+;. The molecule has 0 saturated heterocycles. The minimum atomic E-state index is 0.505. The quantitative estimate of drug-likeness (QED) is 0.616. The molecule has 0 aliphatic carbocycles. The van der Waals surface area contributed by atoms with Crippen molar-refractivity contribution in [3.63, 3.8) is 0 Å². The zero-order valence-corrected chi connectivity index (χ0v) is 13.1. The van der Waals surface area contributed by atoms with E-state index in [9.17, 15) is 0 Å². The lowest BCUT2D eigenvalue weighted by Gasteiger charge is -2.13. The van der Waals surface area contributed by atoms with Gasteiger partial charge in [-0.1, -0.05) is 58.0 Å². The number of pyridine rings is 1. The van der Waals surface area contributed by atoms with Crippen molar-refractivity contribution in [1.29, 1.82) is 0 Å². The third-order valence-electron chi connectivity index (χ3n) is 2.71. The van der Waals surface area contributed by atoms with Crippen LogP contribution in [0.15, 0.2) is 54.4 Å². The second kappa shape index (κ2) is 10.6. The molecular formula is C17H24ClN. The molecule has 0 amide bonds. The molecule has 104 valence electrons. The molecule has 1 nitrogen and oxygen atoms in total. The van der Waals surface area contributed by atoms with Crippen molar-refractivity contribution in [3.05, 3.63) is 59.9 Å². The van der Waals surface area contributed by atoms with Gasteiger partial charge in [-0.2, -0.15) is 0 Å².